The van der Waals surface area contributed by atoms with Crippen LogP contribution in [0.4, 0.5) is 5.69 Å². The van der Waals surface area contributed by atoms with Crippen molar-refractivity contribution < 1.29 is 14.3 Å². The van der Waals surface area contributed by atoms with Crippen molar-refractivity contribution >= 4 is 23.1 Å². The molecule has 2 aromatic rings. The summed E-state index contributed by atoms with van der Waals surface area (Å²) in [5.41, 5.74) is 4.89. The predicted molar refractivity (Wildman–Crippen MR) is 140 cm³/mol. The Bertz CT molecular complexity index is 1070. The standard InChI is InChI=1S/C29H35N3O3/c1-23(33)30-21-29(34)31-17-7-8-18-32(27-11-5-6-12-28(27)35-20-19-31)22-24-13-15-26(16-14-24)25-9-3-2-4-10-25/h3,5-6,9-16H,2,4,7-8,17-22H2,1H3,(H,30,33). The van der Waals surface area contributed by atoms with Gasteiger partial charge in [-0.1, -0.05) is 54.6 Å². The Kier molecular flexibility index (Phi) is 8.60. The highest BCUT2D eigenvalue weighted by Crippen LogP contribution is 2.30. The summed E-state index contributed by atoms with van der Waals surface area (Å²) < 4.78 is 6.15. The molecule has 0 aromatic heterocycles. The number of carbonyl (C=O) groups is 2. The maximum Gasteiger partial charge on any atom is 0.242 e. The molecule has 35 heavy (non-hydrogen) atoms. The van der Waals surface area contributed by atoms with Crippen molar-refractivity contribution in [3.63, 3.8) is 0 Å². The van der Waals surface area contributed by atoms with Crippen molar-refractivity contribution in [2.24, 2.45) is 0 Å². The lowest BCUT2D eigenvalue weighted by Crippen LogP contribution is -2.42. The van der Waals surface area contributed by atoms with Crippen molar-refractivity contribution in [3.8, 4) is 5.75 Å². The van der Waals surface area contributed by atoms with Gasteiger partial charge in [-0.3, -0.25) is 9.59 Å². The SMILES string of the molecule is CC(=O)NCC(=O)N1CCCCN(Cc2ccc(C3=CCCC=C3)cc2)c2ccccc2OCC1. The molecule has 0 spiro atoms. The molecule has 0 saturated carbocycles. The minimum absolute atomic E-state index is 0.0285. The maximum absolute atomic E-state index is 12.6. The van der Waals surface area contributed by atoms with Gasteiger partial charge in [-0.2, -0.15) is 0 Å². The maximum atomic E-state index is 12.6. The number of allylic oxidation sites excluding steroid dienone is 4. The van der Waals surface area contributed by atoms with Crippen LogP contribution in [0.5, 0.6) is 5.75 Å². The average Bonchev–Trinajstić information content (AvgIpc) is 2.92. The van der Waals surface area contributed by atoms with Gasteiger partial charge in [-0.25, -0.2) is 0 Å². The van der Waals surface area contributed by atoms with Gasteiger partial charge >= 0.3 is 0 Å². The van der Waals surface area contributed by atoms with E-state index in [1.54, 1.807) is 4.90 Å². The molecule has 0 atom stereocenters. The van der Waals surface area contributed by atoms with E-state index in [4.69, 9.17) is 4.74 Å². The number of para-hydroxylation sites is 2. The number of anilines is 1. The molecule has 1 aliphatic carbocycles. The van der Waals surface area contributed by atoms with Gasteiger partial charge in [0.25, 0.3) is 0 Å². The third-order valence-corrected chi connectivity index (χ3v) is 6.43. The van der Waals surface area contributed by atoms with Crippen LogP contribution in [0, 0.1) is 0 Å². The summed E-state index contributed by atoms with van der Waals surface area (Å²) >= 11 is 0. The first-order valence-electron chi connectivity index (χ1n) is 12.5. The Hall–Kier alpha value is -3.54. The number of fused-ring (bicyclic) bond motifs is 1. The summed E-state index contributed by atoms with van der Waals surface area (Å²) in [5.74, 6) is 0.561. The molecule has 1 heterocycles. The van der Waals surface area contributed by atoms with Crippen molar-refractivity contribution in [1.82, 2.24) is 10.2 Å². The number of nitrogens with zero attached hydrogens (tertiary/aromatic N) is 2. The number of hydrogen-bond donors (Lipinski definition) is 1. The number of benzene rings is 2. The van der Waals surface area contributed by atoms with Crippen LogP contribution >= 0.6 is 0 Å². The van der Waals surface area contributed by atoms with Crippen LogP contribution in [0.3, 0.4) is 0 Å². The first-order valence-corrected chi connectivity index (χ1v) is 12.5. The molecule has 0 unspecified atom stereocenters. The molecule has 4 rings (SSSR count). The van der Waals surface area contributed by atoms with E-state index in [0.717, 1.165) is 50.2 Å². The number of nitrogens with one attached hydrogen (secondary N) is 1. The Balaban J connectivity index is 1.46. The van der Waals surface area contributed by atoms with Crippen molar-refractivity contribution in [3.05, 3.63) is 77.9 Å². The van der Waals surface area contributed by atoms with Crippen molar-refractivity contribution in [2.75, 3.05) is 37.7 Å². The Morgan fingerprint density at radius 3 is 2.54 bits per heavy atom. The Morgan fingerprint density at radius 2 is 1.77 bits per heavy atom. The molecule has 1 aliphatic heterocycles. The van der Waals surface area contributed by atoms with Gasteiger partial charge in [0.05, 0.1) is 18.8 Å². The van der Waals surface area contributed by atoms with E-state index in [9.17, 15) is 9.59 Å². The predicted octanol–water partition coefficient (Wildman–Crippen LogP) is 4.56. The summed E-state index contributed by atoms with van der Waals surface area (Å²) in [5, 5.41) is 2.61. The number of carbonyl (C=O) groups excluding carboxylic acids is 2. The first kappa shape index (κ1) is 24.6. The quantitative estimate of drug-likeness (QED) is 0.691. The van der Waals surface area contributed by atoms with E-state index >= 15 is 0 Å². The summed E-state index contributed by atoms with van der Waals surface area (Å²) in [6.07, 6.45) is 10.8. The third kappa shape index (κ3) is 6.98. The summed E-state index contributed by atoms with van der Waals surface area (Å²) in [6, 6.07) is 17.0. The second-order valence-corrected chi connectivity index (χ2v) is 9.07. The highest BCUT2D eigenvalue weighted by Gasteiger charge is 2.18. The monoisotopic (exact) mass is 473 g/mol. The van der Waals surface area contributed by atoms with Crippen molar-refractivity contribution in [2.45, 2.75) is 39.2 Å². The van der Waals surface area contributed by atoms with Crippen LogP contribution in [0.25, 0.3) is 5.57 Å². The minimum atomic E-state index is -0.197. The second-order valence-electron chi connectivity index (χ2n) is 9.07. The fourth-order valence-electron chi connectivity index (χ4n) is 4.52. The highest BCUT2D eigenvalue weighted by atomic mass is 16.5. The zero-order chi connectivity index (χ0) is 24.5. The van der Waals surface area contributed by atoms with E-state index in [2.05, 4.69) is 58.8 Å². The molecule has 0 saturated heterocycles. The molecule has 184 valence electrons. The van der Waals surface area contributed by atoms with Crippen molar-refractivity contribution in [1.29, 1.82) is 0 Å². The molecule has 2 aliphatic rings. The number of ether oxygens (including phenoxy) is 1. The first-order chi connectivity index (χ1) is 17.1. The minimum Gasteiger partial charge on any atom is -0.490 e. The summed E-state index contributed by atoms with van der Waals surface area (Å²) in [6.45, 7) is 4.67. The van der Waals surface area contributed by atoms with Gasteiger partial charge in [0.15, 0.2) is 0 Å². The van der Waals surface area contributed by atoms with Gasteiger partial charge < -0.3 is 19.9 Å². The van der Waals surface area contributed by atoms with E-state index in [1.165, 1.54) is 23.6 Å². The van der Waals surface area contributed by atoms with Crippen LogP contribution in [0.1, 0.15) is 43.7 Å². The van der Waals surface area contributed by atoms with Gasteiger partial charge in [-0.05, 0) is 54.5 Å². The van der Waals surface area contributed by atoms with Gasteiger partial charge in [0.2, 0.25) is 11.8 Å². The van der Waals surface area contributed by atoms with Crippen LogP contribution in [0.15, 0.2) is 66.8 Å². The van der Waals surface area contributed by atoms with Crippen LogP contribution in [0.2, 0.25) is 0 Å². The molecule has 6 heteroatoms. The molecule has 6 nitrogen and oxygen atoms in total. The van der Waals surface area contributed by atoms with Crippen LogP contribution in [-0.4, -0.2) is 49.5 Å². The lowest BCUT2D eigenvalue weighted by molar-refractivity contribution is -0.132. The van der Waals surface area contributed by atoms with Crippen LogP contribution in [-0.2, 0) is 16.1 Å². The fraction of sp³-hybridized carbons (Fsp3) is 0.379. The molecule has 0 radical (unpaired) electrons. The lowest BCUT2D eigenvalue weighted by Gasteiger charge is -2.27. The zero-order valence-corrected chi connectivity index (χ0v) is 20.5. The normalized spacial score (nSPS) is 16.4. The van der Waals surface area contributed by atoms with Crippen LogP contribution < -0.4 is 15.0 Å². The molecular formula is C29H35N3O3. The molecule has 2 aromatic carbocycles. The smallest absolute Gasteiger partial charge is 0.242 e. The van der Waals surface area contributed by atoms with E-state index in [0.29, 0.717) is 19.7 Å². The summed E-state index contributed by atoms with van der Waals surface area (Å²) in [4.78, 5) is 28.0. The van der Waals surface area contributed by atoms with Gasteiger partial charge in [0, 0.05) is 26.6 Å². The van der Waals surface area contributed by atoms with Gasteiger partial charge in [0.1, 0.15) is 12.4 Å². The highest BCUT2D eigenvalue weighted by molar-refractivity contribution is 5.83. The lowest BCUT2D eigenvalue weighted by atomic mass is 9.98. The molecule has 1 N–H and O–H groups in total. The van der Waals surface area contributed by atoms with E-state index < -0.39 is 0 Å². The second kappa shape index (κ2) is 12.2. The number of rotatable bonds is 5. The topological polar surface area (TPSA) is 61.9 Å². The zero-order valence-electron chi connectivity index (χ0n) is 20.5. The molecule has 0 bridgehead atoms. The molecular weight excluding hydrogens is 438 g/mol. The fourth-order valence-corrected chi connectivity index (χ4v) is 4.52. The van der Waals surface area contributed by atoms with E-state index in [1.807, 2.05) is 18.2 Å². The summed E-state index contributed by atoms with van der Waals surface area (Å²) in [7, 11) is 0. The molecule has 0 fully saturated rings. The van der Waals surface area contributed by atoms with E-state index in [-0.39, 0.29) is 18.4 Å². The molecule has 2 amide bonds. The number of hydrogen-bond acceptors (Lipinski definition) is 4. The average molecular weight is 474 g/mol. The largest absolute Gasteiger partial charge is 0.490 e. The third-order valence-electron chi connectivity index (χ3n) is 6.43. The number of amides is 2. The van der Waals surface area contributed by atoms with Gasteiger partial charge in [-0.15, -0.1) is 0 Å². The Morgan fingerprint density at radius 1 is 0.971 bits per heavy atom. The Labute approximate surface area is 208 Å².